The Hall–Kier alpha value is -2.58. The third kappa shape index (κ3) is 3.02. The van der Waals surface area contributed by atoms with Crippen molar-refractivity contribution in [2.45, 2.75) is 13.0 Å². The average molecular weight is 430 g/mol. The Kier molecular flexibility index (Phi) is 4.29. The maximum atomic E-state index is 12.8. The summed E-state index contributed by atoms with van der Waals surface area (Å²) in [5.41, 5.74) is 0.960. The molecule has 2 aromatic carbocycles. The molecule has 0 radical (unpaired) electrons. The van der Waals surface area contributed by atoms with Crippen LogP contribution in [0.5, 0.6) is 0 Å². The molecule has 1 N–H and O–H groups in total. The zero-order chi connectivity index (χ0) is 18.3. The second-order valence-electron chi connectivity index (χ2n) is 5.72. The van der Waals surface area contributed by atoms with Crippen molar-refractivity contribution in [2.75, 3.05) is 0 Å². The highest BCUT2D eigenvalue weighted by molar-refractivity contribution is 9.10. The number of hydrogen-bond donors (Lipinski definition) is 1. The van der Waals surface area contributed by atoms with Crippen LogP contribution in [0.2, 0.25) is 0 Å². The molecule has 130 valence electrons. The summed E-state index contributed by atoms with van der Waals surface area (Å²) in [5.74, 6) is -0.989. The molecule has 0 aliphatic heterocycles. The van der Waals surface area contributed by atoms with Gasteiger partial charge in [0.2, 0.25) is 0 Å². The lowest BCUT2D eigenvalue weighted by Gasteiger charge is -2.08. The van der Waals surface area contributed by atoms with E-state index in [0.717, 1.165) is 19.7 Å². The van der Waals surface area contributed by atoms with Gasteiger partial charge in [-0.25, -0.2) is 9.67 Å². The van der Waals surface area contributed by atoms with E-state index in [-0.39, 0.29) is 18.5 Å². The molecule has 6 nitrogen and oxygen atoms in total. The van der Waals surface area contributed by atoms with Gasteiger partial charge in [0, 0.05) is 9.86 Å². The van der Waals surface area contributed by atoms with Crippen LogP contribution in [0.1, 0.15) is 10.7 Å². The fourth-order valence-electron chi connectivity index (χ4n) is 2.84. The summed E-state index contributed by atoms with van der Waals surface area (Å²) in [6.07, 6.45) is -0.244. The number of rotatable bonds is 4. The summed E-state index contributed by atoms with van der Waals surface area (Å²) in [7, 11) is 0. The number of fused-ring (bicyclic) bond motifs is 2. The minimum atomic E-state index is -0.989. The molecule has 26 heavy (non-hydrogen) atoms. The molecule has 8 heteroatoms. The van der Waals surface area contributed by atoms with Gasteiger partial charge < -0.3 is 5.11 Å². The first kappa shape index (κ1) is 16.9. The second-order valence-corrected chi connectivity index (χ2v) is 7.66. The number of hydrogen-bond acceptors (Lipinski definition) is 5. The van der Waals surface area contributed by atoms with Gasteiger partial charge in [0.05, 0.1) is 34.3 Å². The van der Waals surface area contributed by atoms with E-state index >= 15 is 0 Å². The van der Waals surface area contributed by atoms with Gasteiger partial charge in [0.15, 0.2) is 0 Å². The third-order valence-electron chi connectivity index (χ3n) is 3.96. The lowest BCUT2D eigenvalue weighted by atomic mass is 10.1. The van der Waals surface area contributed by atoms with Gasteiger partial charge in [-0.05, 0) is 34.1 Å². The van der Waals surface area contributed by atoms with Crippen molar-refractivity contribution in [1.29, 1.82) is 0 Å². The molecule has 2 heterocycles. The summed E-state index contributed by atoms with van der Waals surface area (Å²) in [4.78, 5) is 28.5. The van der Waals surface area contributed by atoms with Crippen LogP contribution in [0.3, 0.4) is 0 Å². The van der Waals surface area contributed by atoms with E-state index in [1.807, 2.05) is 18.2 Å². The van der Waals surface area contributed by atoms with E-state index in [1.54, 1.807) is 24.3 Å². The number of carbonyl (C=O) groups is 1. The minimum absolute atomic E-state index is 0.197. The molecule has 0 unspecified atom stereocenters. The first-order chi connectivity index (χ1) is 12.5. The molecule has 0 amide bonds. The number of aliphatic carboxylic acids is 1. The molecule has 0 aliphatic carbocycles. The Morgan fingerprint density at radius 2 is 1.92 bits per heavy atom. The van der Waals surface area contributed by atoms with Gasteiger partial charge in [-0.2, -0.15) is 5.10 Å². The van der Waals surface area contributed by atoms with Crippen molar-refractivity contribution >= 4 is 54.2 Å². The molecule has 4 aromatic rings. The molecule has 0 saturated carbocycles. The summed E-state index contributed by atoms with van der Waals surface area (Å²) < 4.78 is 3.25. The van der Waals surface area contributed by atoms with Crippen molar-refractivity contribution in [3.8, 4) is 0 Å². The van der Waals surface area contributed by atoms with Crippen LogP contribution >= 0.6 is 27.3 Å². The molecule has 0 fully saturated rings. The van der Waals surface area contributed by atoms with E-state index in [1.165, 1.54) is 16.0 Å². The lowest BCUT2D eigenvalue weighted by Crippen LogP contribution is -2.26. The Labute approximate surface area is 159 Å². The molecule has 0 spiro atoms. The number of carboxylic acid groups (broad SMARTS) is 1. The predicted molar refractivity (Wildman–Crippen MR) is 104 cm³/mol. The zero-order valence-electron chi connectivity index (χ0n) is 13.3. The van der Waals surface area contributed by atoms with Crippen molar-refractivity contribution in [1.82, 2.24) is 14.8 Å². The molecule has 0 aliphatic rings. The number of carboxylic acids is 1. The number of nitrogens with zero attached hydrogens (tertiary/aromatic N) is 3. The Morgan fingerprint density at radius 3 is 2.65 bits per heavy atom. The number of aromatic nitrogens is 3. The summed E-state index contributed by atoms with van der Waals surface area (Å²) >= 11 is 4.98. The second kappa shape index (κ2) is 6.62. The van der Waals surface area contributed by atoms with Crippen LogP contribution in [0.4, 0.5) is 0 Å². The summed E-state index contributed by atoms with van der Waals surface area (Å²) in [5, 5.41) is 15.2. The molecule has 2 aromatic heterocycles. The normalized spacial score (nSPS) is 11.3. The fourth-order valence-corrected chi connectivity index (χ4v) is 4.39. The topological polar surface area (TPSA) is 85.1 Å². The quantitative estimate of drug-likeness (QED) is 0.536. The molecule has 0 atom stereocenters. The molecule has 0 saturated heterocycles. The highest BCUT2D eigenvalue weighted by Gasteiger charge is 2.15. The van der Waals surface area contributed by atoms with Gasteiger partial charge in [0.1, 0.15) is 5.01 Å². The van der Waals surface area contributed by atoms with Crippen LogP contribution in [-0.2, 0) is 17.8 Å². The van der Waals surface area contributed by atoms with Crippen LogP contribution in [0.25, 0.3) is 21.0 Å². The monoisotopic (exact) mass is 429 g/mol. The van der Waals surface area contributed by atoms with Gasteiger partial charge in [-0.3, -0.25) is 9.59 Å². The van der Waals surface area contributed by atoms with Gasteiger partial charge in [-0.1, -0.05) is 24.3 Å². The van der Waals surface area contributed by atoms with E-state index in [2.05, 4.69) is 26.0 Å². The maximum absolute atomic E-state index is 12.8. The van der Waals surface area contributed by atoms with E-state index in [4.69, 9.17) is 5.11 Å². The maximum Gasteiger partial charge on any atom is 0.309 e. The average Bonchev–Trinajstić information content (AvgIpc) is 3.03. The molecular weight excluding hydrogens is 418 g/mol. The highest BCUT2D eigenvalue weighted by Crippen LogP contribution is 2.29. The number of thiazole rings is 1. The summed E-state index contributed by atoms with van der Waals surface area (Å²) in [6, 6.07) is 12.7. The molecule has 4 rings (SSSR count). The van der Waals surface area contributed by atoms with Crippen LogP contribution in [0.15, 0.2) is 51.7 Å². The van der Waals surface area contributed by atoms with Crippen molar-refractivity contribution in [2.24, 2.45) is 0 Å². The van der Waals surface area contributed by atoms with Gasteiger partial charge in [-0.15, -0.1) is 11.3 Å². The van der Waals surface area contributed by atoms with Crippen molar-refractivity contribution < 1.29 is 9.90 Å². The van der Waals surface area contributed by atoms with Gasteiger partial charge in [0.25, 0.3) is 5.56 Å². The Balaban J connectivity index is 1.85. The van der Waals surface area contributed by atoms with Crippen LogP contribution in [-0.4, -0.2) is 25.8 Å². The first-order valence-electron chi connectivity index (χ1n) is 7.77. The SMILES string of the molecule is O=C(O)Cc1nn(Cc2nc3cccc(Br)c3s2)c(=O)c2ccccc12. The van der Waals surface area contributed by atoms with Crippen molar-refractivity contribution in [3.05, 3.63) is 68.0 Å². The zero-order valence-corrected chi connectivity index (χ0v) is 15.7. The van der Waals surface area contributed by atoms with Gasteiger partial charge >= 0.3 is 5.97 Å². The third-order valence-corrected chi connectivity index (χ3v) is 5.97. The largest absolute Gasteiger partial charge is 0.481 e. The Bertz CT molecular complexity index is 1220. The first-order valence-corrected chi connectivity index (χ1v) is 9.38. The smallest absolute Gasteiger partial charge is 0.309 e. The summed E-state index contributed by atoms with van der Waals surface area (Å²) in [6.45, 7) is 0.197. The van der Waals surface area contributed by atoms with Crippen molar-refractivity contribution in [3.63, 3.8) is 0 Å². The van der Waals surface area contributed by atoms with E-state index in [0.29, 0.717) is 16.5 Å². The lowest BCUT2D eigenvalue weighted by molar-refractivity contribution is -0.136. The Morgan fingerprint density at radius 1 is 1.15 bits per heavy atom. The molecular formula is C18H12BrN3O3S. The number of benzene rings is 2. The van der Waals surface area contributed by atoms with Crippen LogP contribution in [0, 0.1) is 0 Å². The minimum Gasteiger partial charge on any atom is -0.481 e. The highest BCUT2D eigenvalue weighted by atomic mass is 79.9. The standard InChI is InChI=1S/C18H12BrN3O3S/c19-12-6-3-7-13-17(12)26-15(20-13)9-22-18(25)11-5-2-1-4-10(11)14(21-22)8-16(23)24/h1-7H,8-9H2,(H,23,24). The predicted octanol–water partition coefficient (Wildman–Crippen LogP) is 3.44. The van der Waals surface area contributed by atoms with Crippen LogP contribution < -0.4 is 5.56 Å². The van der Waals surface area contributed by atoms with E-state index < -0.39 is 5.97 Å². The van der Waals surface area contributed by atoms with E-state index in [9.17, 15) is 9.59 Å². The fraction of sp³-hybridized carbons (Fsp3) is 0.111. The molecule has 0 bridgehead atoms. The number of halogens is 1.